The Kier molecular flexibility index (Phi) is 3.92. The van der Waals surface area contributed by atoms with Crippen molar-refractivity contribution in [3.05, 3.63) is 60.0 Å². The van der Waals surface area contributed by atoms with Crippen molar-refractivity contribution < 1.29 is 4.39 Å². The maximum absolute atomic E-state index is 13.2. The molecule has 2 aromatic rings. The van der Waals surface area contributed by atoms with Gasteiger partial charge in [0.15, 0.2) is 0 Å². The molecule has 0 bridgehead atoms. The largest absolute Gasteiger partial charge is 0.350 e. The smallest absolute Gasteiger partial charge is 0.214 e. The van der Waals surface area contributed by atoms with Crippen molar-refractivity contribution in [2.24, 2.45) is 0 Å². The number of hydrogen-bond acceptors (Lipinski definition) is 2. The molecule has 0 saturated heterocycles. The van der Waals surface area contributed by atoms with Crippen LogP contribution >= 0.6 is 0 Å². The maximum atomic E-state index is 13.2. The Hall–Kier alpha value is -1.90. The van der Waals surface area contributed by atoms with Crippen molar-refractivity contribution in [1.29, 1.82) is 0 Å². The molecule has 2 nitrogen and oxygen atoms in total. The lowest BCUT2D eigenvalue weighted by molar-refractivity contribution is 0.574. The number of aromatic nitrogens is 1. The van der Waals surface area contributed by atoms with E-state index in [2.05, 4.69) is 35.9 Å². The zero-order valence-corrected chi connectivity index (χ0v) is 10.7. The van der Waals surface area contributed by atoms with Crippen LogP contribution in [0.5, 0.6) is 0 Å². The van der Waals surface area contributed by atoms with Gasteiger partial charge >= 0.3 is 0 Å². The third-order valence-corrected chi connectivity index (χ3v) is 2.81. The highest BCUT2D eigenvalue weighted by Gasteiger charge is 2.12. The molecule has 0 atom stereocenters. The summed E-state index contributed by atoms with van der Waals surface area (Å²) >= 11 is 0. The molecular weight excluding hydrogens is 227 g/mol. The van der Waals surface area contributed by atoms with Crippen molar-refractivity contribution in [1.82, 2.24) is 4.98 Å². The van der Waals surface area contributed by atoms with Crippen LogP contribution in [0.1, 0.15) is 19.4 Å². The molecule has 1 aromatic carbocycles. The van der Waals surface area contributed by atoms with Gasteiger partial charge in [-0.2, -0.15) is 4.39 Å². The summed E-state index contributed by atoms with van der Waals surface area (Å²) in [5.74, 6) is 0.236. The first-order valence-electron chi connectivity index (χ1n) is 6.10. The van der Waals surface area contributed by atoms with Gasteiger partial charge in [0, 0.05) is 12.6 Å². The molecule has 0 spiro atoms. The fourth-order valence-corrected chi connectivity index (χ4v) is 1.87. The lowest BCUT2D eigenvalue weighted by Gasteiger charge is -2.28. The first-order valence-corrected chi connectivity index (χ1v) is 6.10. The molecule has 2 rings (SSSR count). The van der Waals surface area contributed by atoms with Crippen LogP contribution in [-0.4, -0.2) is 11.0 Å². The van der Waals surface area contributed by atoms with E-state index in [0.29, 0.717) is 5.82 Å². The number of nitrogens with zero attached hydrogens (tertiary/aromatic N) is 2. The summed E-state index contributed by atoms with van der Waals surface area (Å²) < 4.78 is 13.2. The van der Waals surface area contributed by atoms with Crippen LogP contribution < -0.4 is 4.90 Å². The molecule has 18 heavy (non-hydrogen) atoms. The van der Waals surface area contributed by atoms with Crippen molar-refractivity contribution in [3.8, 4) is 0 Å². The lowest BCUT2D eigenvalue weighted by Crippen LogP contribution is -2.31. The molecule has 0 aliphatic heterocycles. The number of rotatable bonds is 4. The zero-order chi connectivity index (χ0) is 13.0. The van der Waals surface area contributed by atoms with Gasteiger partial charge in [-0.05, 0) is 31.5 Å². The van der Waals surface area contributed by atoms with Gasteiger partial charge in [-0.15, -0.1) is 0 Å². The lowest BCUT2D eigenvalue weighted by atomic mass is 10.2. The van der Waals surface area contributed by atoms with Crippen molar-refractivity contribution in [3.63, 3.8) is 0 Å². The highest BCUT2D eigenvalue weighted by Crippen LogP contribution is 2.17. The van der Waals surface area contributed by atoms with Crippen molar-refractivity contribution in [2.75, 3.05) is 4.90 Å². The second-order valence-corrected chi connectivity index (χ2v) is 4.53. The molecule has 0 fully saturated rings. The molecule has 0 aliphatic carbocycles. The molecule has 1 aromatic heterocycles. The summed E-state index contributed by atoms with van der Waals surface area (Å²) in [4.78, 5) is 6.03. The highest BCUT2D eigenvalue weighted by molar-refractivity contribution is 5.40. The summed E-state index contributed by atoms with van der Waals surface area (Å²) in [6, 6.07) is 15.3. The van der Waals surface area contributed by atoms with E-state index >= 15 is 0 Å². The van der Waals surface area contributed by atoms with Gasteiger partial charge in [0.25, 0.3) is 0 Å². The van der Waals surface area contributed by atoms with Gasteiger partial charge in [-0.25, -0.2) is 4.98 Å². The minimum atomic E-state index is -0.439. The monoisotopic (exact) mass is 244 g/mol. The van der Waals surface area contributed by atoms with E-state index in [-0.39, 0.29) is 6.04 Å². The fraction of sp³-hybridized carbons (Fsp3) is 0.267. The second-order valence-electron chi connectivity index (χ2n) is 4.53. The number of pyridine rings is 1. The van der Waals surface area contributed by atoms with Crippen LogP contribution in [0.3, 0.4) is 0 Å². The number of anilines is 1. The standard InChI is InChI=1S/C15H17FN2/c1-12(2)18(11-13-7-4-3-5-8-13)15-10-6-9-14(16)17-15/h3-10,12H,11H2,1-2H3. The first kappa shape index (κ1) is 12.6. The molecule has 3 heteroatoms. The van der Waals surface area contributed by atoms with E-state index in [1.165, 1.54) is 11.6 Å². The first-order chi connectivity index (χ1) is 8.66. The normalized spacial score (nSPS) is 10.7. The summed E-state index contributed by atoms with van der Waals surface area (Å²) in [5, 5.41) is 0. The van der Waals surface area contributed by atoms with Gasteiger partial charge in [0.2, 0.25) is 5.95 Å². The predicted molar refractivity (Wildman–Crippen MR) is 72.0 cm³/mol. The summed E-state index contributed by atoms with van der Waals surface area (Å²) in [6.45, 7) is 4.89. The minimum absolute atomic E-state index is 0.263. The Balaban J connectivity index is 2.24. The van der Waals surface area contributed by atoms with Crippen molar-refractivity contribution >= 4 is 5.82 Å². The van der Waals surface area contributed by atoms with Crippen LogP contribution in [0.15, 0.2) is 48.5 Å². The predicted octanol–water partition coefficient (Wildman–Crippen LogP) is 3.64. The van der Waals surface area contributed by atoms with Gasteiger partial charge in [0.05, 0.1) is 0 Å². The fourth-order valence-electron chi connectivity index (χ4n) is 1.87. The number of hydrogen-bond donors (Lipinski definition) is 0. The number of benzene rings is 1. The molecule has 0 aliphatic rings. The van der Waals surface area contributed by atoms with E-state index in [1.807, 2.05) is 24.3 Å². The molecule has 1 heterocycles. The Labute approximate surface area is 107 Å². The molecular formula is C15H17FN2. The SMILES string of the molecule is CC(C)N(Cc1ccccc1)c1cccc(F)n1. The molecule has 0 N–H and O–H groups in total. The minimum Gasteiger partial charge on any atom is -0.350 e. The van der Waals surface area contributed by atoms with Crippen molar-refractivity contribution in [2.45, 2.75) is 26.4 Å². The van der Waals surface area contributed by atoms with Gasteiger partial charge in [-0.1, -0.05) is 36.4 Å². The van der Waals surface area contributed by atoms with E-state index in [0.717, 1.165) is 6.54 Å². The third-order valence-electron chi connectivity index (χ3n) is 2.81. The highest BCUT2D eigenvalue weighted by atomic mass is 19.1. The molecule has 94 valence electrons. The Bertz CT molecular complexity index is 497. The second kappa shape index (κ2) is 5.63. The van der Waals surface area contributed by atoms with Crippen LogP contribution in [-0.2, 0) is 6.54 Å². The summed E-state index contributed by atoms with van der Waals surface area (Å²) in [5.41, 5.74) is 1.19. The quantitative estimate of drug-likeness (QED) is 0.763. The molecule has 0 saturated carbocycles. The van der Waals surface area contributed by atoms with Crippen LogP contribution in [0.25, 0.3) is 0 Å². The van der Waals surface area contributed by atoms with E-state index in [1.54, 1.807) is 6.07 Å². The zero-order valence-electron chi connectivity index (χ0n) is 10.7. The molecule has 0 radical (unpaired) electrons. The van der Waals surface area contributed by atoms with E-state index in [9.17, 15) is 4.39 Å². The molecule has 0 amide bonds. The van der Waals surface area contributed by atoms with Crippen LogP contribution in [0, 0.1) is 5.95 Å². The maximum Gasteiger partial charge on any atom is 0.214 e. The topological polar surface area (TPSA) is 16.1 Å². The van der Waals surface area contributed by atoms with E-state index in [4.69, 9.17) is 0 Å². The van der Waals surface area contributed by atoms with E-state index < -0.39 is 5.95 Å². The van der Waals surface area contributed by atoms with Gasteiger partial charge < -0.3 is 4.90 Å². The van der Waals surface area contributed by atoms with Crippen LogP contribution in [0.4, 0.5) is 10.2 Å². The summed E-state index contributed by atoms with van der Waals surface area (Å²) in [7, 11) is 0. The third kappa shape index (κ3) is 3.06. The average Bonchev–Trinajstić information content (AvgIpc) is 2.37. The Morgan fingerprint density at radius 1 is 1.06 bits per heavy atom. The van der Waals surface area contributed by atoms with Crippen LogP contribution in [0.2, 0.25) is 0 Å². The average molecular weight is 244 g/mol. The Morgan fingerprint density at radius 3 is 2.39 bits per heavy atom. The van der Waals surface area contributed by atoms with Gasteiger partial charge in [0.1, 0.15) is 5.82 Å². The Morgan fingerprint density at radius 2 is 1.78 bits per heavy atom. The summed E-state index contributed by atoms with van der Waals surface area (Å²) in [6.07, 6.45) is 0. The molecule has 0 unspecified atom stereocenters. The van der Waals surface area contributed by atoms with Gasteiger partial charge in [-0.3, -0.25) is 0 Å². The number of halogens is 1.